The quantitative estimate of drug-likeness (QED) is 0.156. The second-order valence-electron chi connectivity index (χ2n) is 6.95. The Labute approximate surface area is 182 Å². The lowest BCUT2D eigenvalue weighted by Crippen LogP contribution is -2.46. The summed E-state index contributed by atoms with van der Waals surface area (Å²) >= 11 is 0. The number of aliphatic hydroxyl groups is 2. The van der Waals surface area contributed by atoms with Crippen LogP contribution in [0.2, 0.25) is 0 Å². The molecule has 1 aliphatic heterocycles. The molecule has 1 aromatic heterocycles. The van der Waals surface area contributed by atoms with Gasteiger partial charge in [-0.1, -0.05) is 0 Å². The number of aromatic nitrogens is 2. The first-order chi connectivity index (χ1) is 15.0. The maximum Gasteiger partial charge on any atom is 0.365 e. The van der Waals surface area contributed by atoms with Crippen molar-refractivity contribution < 1.29 is 63.1 Å². The highest BCUT2D eigenvalue weighted by atomic mass is 31.2. The van der Waals surface area contributed by atoms with Gasteiger partial charge in [0.05, 0.1) is 6.61 Å². The molecule has 186 valence electrons. The molecule has 2 rings (SSSR count). The third-order valence-electron chi connectivity index (χ3n) is 4.52. The molecule has 17 nitrogen and oxygen atoms in total. The topological polar surface area (TPSA) is 272 Å². The zero-order chi connectivity index (χ0) is 25.5. The van der Waals surface area contributed by atoms with E-state index in [-0.39, 0.29) is 4.57 Å². The van der Waals surface area contributed by atoms with E-state index in [1.165, 1.54) is 0 Å². The standard InChI is InChI=1S/C14H20N2O15P2/c1-5(17)11(32(24,25)26)16-7(18)2-3-15(14(16)23)10-9(20)8(19)6(31-10)4-30-13(12(21)22)33(27,28)29/h2-3,6,8-11,13,19-20H,4H2,1H3,(H,21,22)(H2,24,25,26)(H2,27,28,29). The summed E-state index contributed by atoms with van der Waals surface area (Å²) in [6.07, 6.45) is -6.55. The molecule has 6 unspecified atom stereocenters. The predicted molar refractivity (Wildman–Crippen MR) is 102 cm³/mol. The fraction of sp³-hybridized carbons (Fsp3) is 0.571. The molecule has 2 heterocycles. The van der Waals surface area contributed by atoms with Crippen LogP contribution in [0.1, 0.15) is 18.9 Å². The van der Waals surface area contributed by atoms with Gasteiger partial charge in [-0.15, -0.1) is 0 Å². The maximum atomic E-state index is 12.8. The first-order valence-electron chi connectivity index (χ1n) is 8.79. The smallest absolute Gasteiger partial charge is 0.365 e. The third-order valence-corrected chi connectivity index (χ3v) is 6.73. The van der Waals surface area contributed by atoms with Gasteiger partial charge in [-0.3, -0.25) is 23.3 Å². The SMILES string of the molecule is CC(=O)C(n1c(=O)ccn(C2OC(COC(C(=O)O)P(=O)(O)O)C(O)C2O)c1=O)P(=O)(O)O. The average molecular weight is 518 g/mol. The molecule has 19 heteroatoms. The summed E-state index contributed by atoms with van der Waals surface area (Å²) < 4.78 is 33.1. The van der Waals surface area contributed by atoms with Crippen LogP contribution < -0.4 is 11.2 Å². The number of ether oxygens (including phenoxy) is 2. The first-order valence-corrected chi connectivity index (χ1v) is 12.1. The lowest BCUT2D eigenvalue weighted by Gasteiger charge is -2.22. The molecule has 33 heavy (non-hydrogen) atoms. The number of ketones is 1. The number of aliphatic carboxylic acids is 1. The third kappa shape index (κ3) is 5.73. The van der Waals surface area contributed by atoms with Crippen molar-refractivity contribution in [2.24, 2.45) is 0 Å². The molecule has 0 bridgehead atoms. The number of rotatable bonds is 9. The van der Waals surface area contributed by atoms with Gasteiger partial charge in [0.2, 0.25) is 5.78 Å². The number of hydrogen-bond acceptors (Lipinski definition) is 10. The van der Waals surface area contributed by atoms with Gasteiger partial charge in [-0.2, -0.15) is 0 Å². The molecule has 7 N–H and O–H groups in total. The average Bonchev–Trinajstić information content (AvgIpc) is 2.91. The van der Waals surface area contributed by atoms with Gasteiger partial charge in [0.15, 0.2) is 12.0 Å². The van der Waals surface area contributed by atoms with E-state index < -0.39 is 81.0 Å². The van der Waals surface area contributed by atoms with Crippen molar-refractivity contribution in [3.63, 3.8) is 0 Å². The van der Waals surface area contributed by atoms with E-state index in [1.54, 1.807) is 0 Å². The predicted octanol–water partition coefficient (Wildman–Crippen LogP) is -3.50. The number of hydrogen-bond donors (Lipinski definition) is 7. The van der Waals surface area contributed by atoms with Crippen molar-refractivity contribution >= 4 is 26.9 Å². The molecular formula is C14H20N2O15P2. The first kappa shape index (κ1) is 27.2. The van der Waals surface area contributed by atoms with Crippen LogP contribution in [0.15, 0.2) is 21.9 Å². The van der Waals surface area contributed by atoms with E-state index >= 15 is 0 Å². The van der Waals surface area contributed by atoms with Gasteiger partial charge in [-0.05, 0) is 6.92 Å². The van der Waals surface area contributed by atoms with E-state index in [4.69, 9.17) is 19.6 Å². The molecule has 0 amide bonds. The molecule has 1 fully saturated rings. The lowest BCUT2D eigenvalue weighted by molar-refractivity contribution is -0.149. The number of carboxylic acids is 1. The normalized spacial score (nSPS) is 25.5. The van der Waals surface area contributed by atoms with E-state index in [0.717, 1.165) is 13.1 Å². The zero-order valence-corrected chi connectivity index (χ0v) is 18.3. The maximum absolute atomic E-state index is 12.8. The molecule has 0 aromatic carbocycles. The Hall–Kier alpha value is -2.04. The number of nitrogens with zero attached hydrogens (tertiary/aromatic N) is 2. The molecule has 0 radical (unpaired) electrons. The summed E-state index contributed by atoms with van der Waals surface area (Å²) in [4.78, 5) is 84.4. The summed E-state index contributed by atoms with van der Waals surface area (Å²) in [7, 11) is -10.6. The number of carboxylic acid groups (broad SMARTS) is 1. The van der Waals surface area contributed by atoms with Crippen LogP contribution in [0, 0.1) is 0 Å². The summed E-state index contributed by atoms with van der Waals surface area (Å²) in [5.41, 5.74) is -2.76. The summed E-state index contributed by atoms with van der Waals surface area (Å²) in [5.74, 6) is -8.35. The molecule has 0 spiro atoms. The molecule has 6 atom stereocenters. The Kier molecular flexibility index (Phi) is 7.98. The van der Waals surface area contributed by atoms with Crippen LogP contribution in [0.25, 0.3) is 0 Å². The van der Waals surface area contributed by atoms with Crippen molar-refractivity contribution in [3.05, 3.63) is 33.1 Å². The van der Waals surface area contributed by atoms with Crippen LogP contribution >= 0.6 is 15.2 Å². The number of carbonyl (C=O) groups is 2. The second kappa shape index (κ2) is 9.68. The van der Waals surface area contributed by atoms with Crippen LogP contribution in [0.5, 0.6) is 0 Å². The Morgan fingerprint density at radius 1 is 1.12 bits per heavy atom. The summed E-state index contributed by atoms with van der Waals surface area (Å²) in [6, 6.07) is 0.632. The molecule has 0 aliphatic carbocycles. The van der Waals surface area contributed by atoms with Crippen LogP contribution in [0.3, 0.4) is 0 Å². The Morgan fingerprint density at radius 3 is 2.15 bits per heavy atom. The van der Waals surface area contributed by atoms with Crippen molar-refractivity contribution in [2.45, 2.75) is 43.1 Å². The summed E-state index contributed by atoms with van der Waals surface area (Å²) in [5, 5.41) is 29.2. The minimum atomic E-state index is -5.35. The van der Waals surface area contributed by atoms with Crippen LogP contribution in [-0.2, 0) is 28.2 Å². The lowest BCUT2D eigenvalue weighted by atomic mass is 10.1. The largest absolute Gasteiger partial charge is 0.479 e. The van der Waals surface area contributed by atoms with Crippen LogP contribution in [0.4, 0.5) is 0 Å². The van der Waals surface area contributed by atoms with E-state index in [2.05, 4.69) is 4.74 Å². The van der Waals surface area contributed by atoms with Gasteiger partial charge < -0.3 is 44.4 Å². The fourth-order valence-corrected chi connectivity index (χ4v) is 4.64. The van der Waals surface area contributed by atoms with E-state index in [1.807, 2.05) is 0 Å². The molecule has 1 aliphatic rings. The van der Waals surface area contributed by atoms with Gasteiger partial charge >= 0.3 is 26.9 Å². The zero-order valence-electron chi connectivity index (χ0n) is 16.5. The van der Waals surface area contributed by atoms with Gasteiger partial charge in [0.25, 0.3) is 11.4 Å². The Bertz CT molecular complexity index is 1130. The Balaban J connectivity index is 2.41. The number of Topliss-reactive ketones (excluding diaryl/α,β-unsaturated/α-hetero) is 1. The highest BCUT2D eigenvalue weighted by Crippen LogP contribution is 2.48. The van der Waals surface area contributed by atoms with Gasteiger partial charge in [0, 0.05) is 12.3 Å². The highest BCUT2D eigenvalue weighted by molar-refractivity contribution is 7.53. The minimum absolute atomic E-state index is 0.0519. The number of carbonyl (C=O) groups excluding carboxylic acids is 1. The van der Waals surface area contributed by atoms with Gasteiger partial charge in [-0.25, -0.2) is 14.2 Å². The van der Waals surface area contributed by atoms with E-state index in [9.17, 15) is 48.3 Å². The summed E-state index contributed by atoms with van der Waals surface area (Å²) in [6.45, 7) is -0.241. The molecule has 1 aromatic rings. The monoisotopic (exact) mass is 518 g/mol. The van der Waals surface area contributed by atoms with Crippen molar-refractivity contribution in [1.82, 2.24) is 9.13 Å². The molecule has 1 saturated heterocycles. The second-order valence-corrected chi connectivity index (χ2v) is 10.3. The Morgan fingerprint density at radius 2 is 1.70 bits per heavy atom. The highest BCUT2D eigenvalue weighted by Gasteiger charge is 2.47. The molecular weight excluding hydrogens is 498 g/mol. The van der Waals surface area contributed by atoms with Gasteiger partial charge in [0.1, 0.15) is 18.3 Å². The number of aliphatic hydroxyl groups excluding tert-OH is 2. The fourth-order valence-electron chi connectivity index (χ4n) is 3.09. The van der Waals surface area contributed by atoms with E-state index in [0.29, 0.717) is 10.6 Å². The van der Waals surface area contributed by atoms with Crippen molar-refractivity contribution in [3.8, 4) is 0 Å². The van der Waals surface area contributed by atoms with Crippen LogP contribution in [-0.4, -0.2) is 86.5 Å². The van der Waals surface area contributed by atoms with Crippen molar-refractivity contribution in [2.75, 3.05) is 6.61 Å². The minimum Gasteiger partial charge on any atom is -0.479 e. The molecule has 0 saturated carbocycles. The van der Waals surface area contributed by atoms with Crippen molar-refractivity contribution in [1.29, 1.82) is 0 Å².